The first-order valence-electron chi connectivity index (χ1n) is 7.26. The number of anilines is 1. The summed E-state index contributed by atoms with van der Waals surface area (Å²) in [5, 5.41) is 3.97. The molecule has 0 saturated carbocycles. The Balaban J connectivity index is 1.91. The fourth-order valence-corrected chi connectivity index (χ4v) is 2.97. The second-order valence-corrected chi connectivity index (χ2v) is 5.91. The highest BCUT2D eigenvalue weighted by molar-refractivity contribution is 7.98. The number of aryl methyl sites for hydroxylation is 1. The molecule has 3 nitrogen and oxygen atoms in total. The number of nitrogens with zero attached hydrogens (tertiary/aromatic N) is 1. The zero-order valence-electron chi connectivity index (χ0n) is 12.7. The SMILES string of the molecule is CCn1cc(C(=O)Nc2ccc(SC)cc2)c2ccccc21. The summed E-state index contributed by atoms with van der Waals surface area (Å²) in [5.74, 6) is -0.0692. The molecule has 0 bridgehead atoms. The van der Waals surface area contributed by atoms with E-state index < -0.39 is 0 Å². The molecule has 112 valence electrons. The first-order valence-corrected chi connectivity index (χ1v) is 8.48. The number of hydrogen-bond donors (Lipinski definition) is 1. The number of para-hydroxylation sites is 1. The first kappa shape index (κ1) is 14.7. The van der Waals surface area contributed by atoms with Gasteiger partial charge in [0.05, 0.1) is 5.56 Å². The van der Waals surface area contributed by atoms with Gasteiger partial charge in [0.15, 0.2) is 0 Å². The Morgan fingerprint density at radius 3 is 2.55 bits per heavy atom. The maximum absolute atomic E-state index is 12.6. The van der Waals surface area contributed by atoms with Crippen LogP contribution in [0.2, 0.25) is 0 Å². The van der Waals surface area contributed by atoms with Crippen LogP contribution < -0.4 is 5.32 Å². The molecular formula is C18H18N2OS. The smallest absolute Gasteiger partial charge is 0.257 e. The molecule has 4 heteroatoms. The van der Waals surface area contributed by atoms with E-state index in [9.17, 15) is 4.79 Å². The predicted octanol–water partition coefficient (Wildman–Crippen LogP) is 4.64. The predicted molar refractivity (Wildman–Crippen MR) is 93.8 cm³/mol. The summed E-state index contributed by atoms with van der Waals surface area (Å²) >= 11 is 1.68. The largest absolute Gasteiger partial charge is 0.347 e. The molecule has 0 radical (unpaired) electrons. The van der Waals surface area contributed by atoms with Crippen molar-refractivity contribution in [3.05, 3.63) is 60.3 Å². The number of amides is 1. The lowest BCUT2D eigenvalue weighted by atomic mass is 10.1. The van der Waals surface area contributed by atoms with E-state index in [4.69, 9.17) is 0 Å². The minimum Gasteiger partial charge on any atom is -0.347 e. The van der Waals surface area contributed by atoms with Gasteiger partial charge in [-0.05, 0) is 43.5 Å². The molecule has 0 aliphatic heterocycles. The lowest BCUT2D eigenvalue weighted by Crippen LogP contribution is -2.11. The summed E-state index contributed by atoms with van der Waals surface area (Å²) in [6.07, 6.45) is 3.96. The second kappa shape index (κ2) is 6.28. The van der Waals surface area contributed by atoms with Crippen molar-refractivity contribution in [2.75, 3.05) is 11.6 Å². The van der Waals surface area contributed by atoms with Crippen LogP contribution in [-0.2, 0) is 6.54 Å². The highest BCUT2D eigenvalue weighted by atomic mass is 32.2. The molecular weight excluding hydrogens is 292 g/mol. The number of fused-ring (bicyclic) bond motifs is 1. The summed E-state index contributed by atoms with van der Waals surface area (Å²) < 4.78 is 2.10. The third kappa shape index (κ3) is 2.74. The molecule has 1 amide bonds. The molecule has 0 aliphatic carbocycles. The number of carbonyl (C=O) groups is 1. The van der Waals surface area contributed by atoms with Crippen molar-refractivity contribution < 1.29 is 4.79 Å². The number of carbonyl (C=O) groups excluding carboxylic acids is 1. The number of aromatic nitrogens is 1. The van der Waals surface area contributed by atoms with Gasteiger partial charge in [0.2, 0.25) is 0 Å². The Morgan fingerprint density at radius 1 is 1.14 bits per heavy atom. The topological polar surface area (TPSA) is 34.0 Å². The minimum atomic E-state index is -0.0692. The van der Waals surface area contributed by atoms with Gasteiger partial charge in [-0.25, -0.2) is 0 Å². The van der Waals surface area contributed by atoms with E-state index in [0.29, 0.717) is 5.56 Å². The molecule has 1 heterocycles. The van der Waals surface area contributed by atoms with Crippen LogP contribution in [0.1, 0.15) is 17.3 Å². The summed E-state index contributed by atoms with van der Waals surface area (Å²) in [7, 11) is 0. The van der Waals surface area contributed by atoms with E-state index in [1.807, 2.05) is 61.0 Å². The quantitative estimate of drug-likeness (QED) is 0.713. The summed E-state index contributed by atoms with van der Waals surface area (Å²) in [4.78, 5) is 13.8. The van der Waals surface area contributed by atoms with Gasteiger partial charge in [-0.1, -0.05) is 18.2 Å². The van der Waals surface area contributed by atoms with Gasteiger partial charge < -0.3 is 9.88 Å². The van der Waals surface area contributed by atoms with Crippen LogP contribution in [0.3, 0.4) is 0 Å². The zero-order valence-corrected chi connectivity index (χ0v) is 13.5. The van der Waals surface area contributed by atoms with Crippen LogP contribution in [0.25, 0.3) is 10.9 Å². The molecule has 3 aromatic rings. The molecule has 0 spiro atoms. The molecule has 0 fully saturated rings. The molecule has 1 N–H and O–H groups in total. The number of thioether (sulfide) groups is 1. The molecule has 0 unspecified atom stereocenters. The van der Waals surface area contributed by atoms with Crippen LogP contribution in [-0.4, -0.2) is 16.7 Å². The summed E-state index contributed by atoms with van der Waals surface area (Å²) in [6.45, 7) is 2.92. The lowest BCUT2D eigenvalue weighted by molar-refractivity contribution is 0.102. The number of nitrogens with one attached hydrogen (secondary N) is 1. The van der Waals surface area contributed by atoms with E-state index >= 15 is 0 Å². The monoisotopic (exact) mass is 310 g/mol. The molecule has 0 saturated heterocycles. The van der Waals surface area contributed by atoms with Crippen molar-refractivity contribution in [1.82, 2.24) is 4.57 Å². The number of rotatable bonds is 4. The average Bonchev–Trinajstić information content (AvgIpc) is 2.94. The highest BCUT2D eigenvalue weighted by Gasteiger charge is 2.14. The van der Waals surface area contributed by atoms with Crippen LogP contribution in [0.4, 0.5) is 5.69 Å². The van der Waals surface area contributed by atoms with E-state index in [-0.39, 0.29) is 5.91 Å². The maximum atomic E-state index is 12.6. The van der Waals surface area contributed by atoms with Crippen molar-refractivity contribution >= 4 is 34.3 Å². The third-order valence-corrected chi connectivity index (χ3v) is 4.47. The summed E-state index contributed by atoms with van der Waals surface area (Å²) in [6, 6.07) is 15.9. The maximum Gasteiger partial charge on any atom is 0.257 e. The van der Waals surface area contributed by atoms with Gasteiger partial charge in [-0.15, -0.1) is 11.8 Å². The van der Waals surface area contributed by atoms with Crippen LogP contribution >= 0.6 is 11.8 Å². The Labute approximate surface area is 134 Å². The highest BCUT2D eigenvalue weighted by Crippen LogP contribution is 2.23. The van der Waals surface area contributed by atoms with E-state index in [0.717, 1.165) is 23.1 Å². The lowest BCUT2D eigenvalue weighted by Gasteiger charge is -2.05. The van der Waals surface area contributed by atoms with Gasteiger partial charge in [-0.2, -0.15) is 0 Å². The molecule has 2 aromatic carbocycles. The fraction of sp³-hybridized carbons (Fsp3) is 0.167. The Hall–Kier alpha value is -2.20. The molecule has 22 heavy (non-hydrogen) atoms. The van der Waals surface area contributed by atoms with Gasteiger partial charge in [0, 0.05) is 34.2 Å². The van der Waals surface area contributed by atoms with Gasteiger partial charge in [-0.3, -0.25) is 4.79 Å². The van der Waals surface area contributed by atoms with E-state index in [1.165, 1.54) is 4.90 Å². The van der Waals surface area contributed by atoms with Crippen molar-refractivity contribution in [3.8, 4) is 0 Å². The van der Waals surface area contributed by atoms with Crippen LogP contribution in [0, 0.1) is 0 Å². The van der Waals surface area contributed by atoms with Gasteiger partial charge >= 0.3 is 0 Å². The van der Waals surface area contributed by atoms with E-state index in [2.05, 4.69) is 16.8 Å². The standard InChI is InChI=1S/C18H18N2OS/c1-3-20-12-16(15-6-4-5-7-17(15)20)18(21)19-13-8-10-14(22-2)11-9-13/h4-12H,3H2,1-2H3,(H,19,21). The van der Waals surface area contributed by atoms with Crippen molar-refractivity contribution in [1.29, 1.82) is 0 Å². The van der Waals surface area contributed by atoms with E-state index in [1.54, 1.807) is 11.8 Å². The van der Waals surface area contributed by atoms with Crippen molar-refractivity contribution in [2.24, 2.45) is 0 Å². The number of benzene rings is 2. The number of hydrogen-bond acceptors (Lipinski definition) is 2. The fourth-order valence-electron chi connectivity index (χ4n) is 2.56. The van der Waals surface area contributed by atoms with Crippen molar-refractivity contribution in [2.45, 2.75) is 18.4 Å². The first-order chi connectivity index (χ1) is 10.7. The third-order valence-electron chi connectivity index (χ3n) is 3.72. The molecule has 3 rings (SSSR count). The average molecular weight is 310 g/mol. The minimum absolute atomic E-state index is 0.0692. The van der Waals surface area contributed by atoms with Crippen LogP contribution in [0.5, 0.6) is 0 Å². The Morgan fingerprint density at radius 2 is 1.86 bits per heavy atom. The Bertz CT molecular complexity index is 806. The normalized spacial score (nSPS) is 10.8. The molecule has 1 aromatic heterocycles. The van der Waals surface area contributed by atoms with Gasteiger partial charge in [0.1, 0.15) is 0 Å². The molecule has 0 atom stereocenters. The zero-order chi connectivity index (χ0) is 15.5. The van der Waals surface area contributed by atoms with Gasteiger partial charge in [0.25, 0.3) is 5.91 Å². The molecule has 0 aliphatic rings. The summed E-state index contributed by atoms with van der Waals surface area (Å²) in [5.41, 5.74) is 2.62. The van der Waals surface area contributed by atoms with Crippen LogP contribution in [0.15, 0.2) is 59.6 Å². The Kier molecular flexibility index (Phi) is 4.20. The van der Waals surface area contributed by atoms with Crippen molar-refractivity contribution in [3.63, 3.8) is 0 Å². The second-order valence-electron chi connectivity index (χ2n) is 5.03.